The number of hydrogen-bond donors (Lipinski definition) is 1. The minimum absolute atomic E-state index is 0.139. The molecule has 2 aromatic heterocycles. The summed E-state index contributed by atoms with van der Waals surface area (Å²) in [5.41, 5.74) is 1.07. The number of nitrogens with zero attached hydrogens (tertiary/aromatic N) is 2. The molecule has 2 heterocycles. The molecule has 6 nitrogen and oxygen atoms in total. The molecule has 1 saturated carbocycles. The SMILES string of the molecule is CCOc1ccc([C@@H](C(=O)NC2CCCCC2)N(Cc2cccs2)C(=O)c2ccccn2)cc1. The Labute approximate surface area is 205 Å². The fourth-order valence-corrected chi connectivity index (χ4v) is 5.10. The molecular formula is C27H31N3O3S. The number of carbonyl (C=O) groups excluding carboxylic acids is 2. The van der Waals surface area contributed by atoms with E-state index in [9.17, 15) is 9.59 Å². The van der Waals surface area contributed by atoms with Crippen molar-refractivity contribution in [2.24, 2.45) is 0 Å². The molecule has 1 aliphatic rings. The molecular weight excluding hydrogens is 446 g/mol. The van der Waals surface area contributed by atoms with Crippen LogP contribution in [0.5, 0.6) is 5.75 Å². The summed E-state index contributed by atoms with van der Waals surface area (Å²) in [6.07, 6.45) is 6.98. The Morgan fingerprint density at radius 1 is 1.09 bits per heavy atom. The van der Waals surface area contributed by atoms with Gasteiger partial charge in [-0.1, -0.05) is 43.5 Å². The van der Waals surface area contributed by atoms with E-state index in [0.717, 1.165) is 41.9 Å². The Hall–Kier alpha value is -3.19. The topological polar surface area (TPSA) is 71.5 Å². The van der Waals surface area contributed by atoms with Crippen molar-refractivity contribution in [2.45, 2.75) is 57.7 Å². The summed E-state index contributed by atoms with van der Waals surface area (Å²) in [5.74, 6) is 0.308. The zero-order chi connectivity index (χ0) is 23.8. The van der Waals surface area contributed by atoms with Crippen LogP contribution in [0.15, 0.2) is 66.2 Å². The van der Waals surface area contributed by atoms with Gasteiger partial charge in [-0.15, -0.1) is 11.3 Å². The summed E-state index contributed by atoms with van der Waals surface area (Å²) < 4.78 is 5.60. The van der Waals surface area contributed by atoms with Gasteiger partial charge in [0.2, 0.25) is 5.91 Å². The van der Waals surface area contributed by atoms with Crippen LogP contribution in [0.25, 0.3) is 0 Å². The van der Waals surface area contributed by atoms with Crippen LogP contribution in [-0.4, -0.2) is 34.3 Å². The van der Waals surface area contributed by atoms with Gasteiger partial charge in [-0.25, -0.2) is 0 Å². The molecule has 0 spiro atoms. The highest BCUT2D eigenvalue weighted by Gasteiger charge is 2.34. The van der Waals surface area contributed by atoms with Crippen LogP contribution in [0.3, 0.4) is 0 Å². The maximum atomic E-state index is 13.8. The van der Waals surface area contributed by atoms with Gasteiger partial charge in [0.25, 0.3) is 5.91 Å². The lowest BCUT2D eigenvalue weighted by Crippen LogP contribution is -2.47. The molecule has 0 bridgehead atoms. The number of nitrogens with one attached hydrogen (secondary N) is 1. The Balaban J connectivity index is 1.71. The molecule has 4 rings (SSSR count). The van der Waals surface area contributed by atoms with Gasteiger partial charge in [0.15, 0.2) is 0 Å². The molecule has 0 radical (unpaired) electrons. The van der Waals surface area contributed by atoms with Crippen LogP contribution in [0.2, 0.25) is 0 Å². The van der Waals surface area contributed by atoms with Gasteiger partial charge in [-0.3, -0.25) is 14.6 Å². The van der Waals surface area contributed by atoms with Gasteiger partial charge in [0.05, 0.1) is 13.2 Å². The van der Waals surface area contributed by atoms with E-state index >= 15 is 0 Å². The third-order valence-corrected chi connectivity index (χ3v) is 6.93. The second-order valence-electron chi connectivity index (χ2n) is 8.48. The molecule has 0 aliphatic heterocycles. The summed E-state index contributed by atoms with van der Waals surface area (Å²) in [6.45, 7) is 2.82. The van der Waals surface area contributed by atoms with E-state index in [2.05, 4.69) is 10.3 Å². The van der Waals surface area contributed by atoms with Gasteiger partial charge in [-0.05, 0) is 61.0 Å². The number of carbonyl (C=O) groups is 2. The predicted molar refractivity (Wildman–Crippen MR) is 134 cm³/mol. The van der Waals surface area contributed by atoms with Crippen molar-refractivity contribution < 1.29 is 14.3 Å². The fraction of sp³-hybridized carbons (Fsp3) is 0.370. The first-order valence-corrected chi connectivity index (χ1v) is 12.8. The molecule has 7 heteroatoms. The Morgan fingerprint density at radius 3 is 2.53 bits per heavy atom. The summed E-state index contributed by atoms with van der Waals surface area (Å²) in [6, 6.07) is 16.0. The van der Waals surface area contributed by atoms with Crippen molar-refractivity contribution >= 4 is 23.2 Å². The number of hydrogen-bond acceptors (Lipinski definition) is 5. The van der Waals surface area contributed by atoms with E-state index in [0.29, 0.717) is 18.8 Å². The van der Waals surface area contributed by atoms with Crippen molar-refractivity contribution in [3.63, 3.8) is 0 Å². The highest BCUT2D eigenvalue weighted by molar-refractivity contribution is 7.09. The van der Waals surface area contributed by atoms with E-state index in [1.807, 2.05) is 48.7 Å². The first kappa shape index (κ1) is 24.0. The zero-order valence-corrected chi connectivity index (χ0v) is 20.3. The van der Waals surface area contributed by atoms with E-state index in [4.69, 9.17) is 4.74 Å². The molecule has 3 aromatic rings. The molecule has 1 aliphatic carbocycles. The van der Waals surface area contributed by atoms with E-state index in [1.165, 1.54) is 6.42 Å². The Bertz CT molecular complexity index is 1050. The third-order valence-electron chi connectivity index (χ3n) is 6.07. The highest BCUT2D eigenvalue weighted by Crippen LogP contribution is 2.29. The maximum Gasteiger partial charge on any atom is 0.273 e. The number of benzene rings is 1. The summed E-state index contributed by atoms with van der Waals surface area (Å²) >= 11 is 1.57. The number of rotatable bonds is 9. The standard InChI is InChI=1S/C27H31N3O3S/c1-2-33-22-15-13-20(14-16-22)25(26(31)29-21-9-4-3-5-10-21)30(19-23-11-8-18-34-23)27(32)24-12-6-7-17-28-24/h6-8,11-18,21,25H,2-5,9-10,19H2,1H3,(H,29,31)/t25-/m0/s1. The van der Waals surface area contributed by atoms with Crippen molar-refractivity contribution in [3.05, 3.63) is 82.3 Å². The van der Waals surface area contributed by atoms with E-state index in [-0.39, 0.29) is 17.9 Å². The van der Waals surface area contributed by atoms with Crippen molar-refractivity contribution in [1.29, 1.82) is 0 Å². The minimum Gasteiger partial charge on any atom is -0.494 e. The van der Waals surface area contributed by atoms with Crippen LogP contribution >= 0.6 is 11.3 Å². The van der Waals surface area contributed by atoms with Crippen LogP contribution in [0, 0.1) is 0 Å². The van der Waals surface area contributed by atoms with Crippen molar-refractivity contribution in [1.82, 2.24) is 15.2 Å². The van der Waals surface area contributed by atoms with Crippen molar-refractivity contribution in [3.8, 4) is 5.75 Å². The molecule has 2 amide bonds. The first-order valence-electron chi connectivity index (χ1n) is 11.9. The summed E-state index contributed by atoms with van der Waals surface area (Å²) in [7, 11) is 0. The Kier molecular flexibility index (Phi) is 8.31. The lowest BCUT2D eigenvalue weighted by molar-refractivity contribution is -0.127. The first-order chi connectivity index (χ1) is 16.7. The van der Waals surface area contributed by atoms with Crippen LogP contribution in [0.1, 0.15) is 66.0 Å². The number of amides is 2. The largest absolute Gasteiger partial charge is 0.494 e. The van der Waals surface area contributed by atoms with Gasteiger partial charge in [0, 0.05) is 17.1 Å². The third kappa shape index (κ3) is 6.03. The normalized spacial score (nSPS) is 14.9. The lowest BCUT2D eigenvalue weighted by Gasteiger charge is -2.33. The average Bonchev–Trinajstić information content (AvgIpc) is 3.39. The molecule has 0 unspecified atom stereocenters. The van der Waals surface area contributed by atoms with Gasteiger partial charge >= 0.3 is 0 Å². The molecule has 0 saturated heterocycles. The summed E-state index contributed by atoms with van der Waals surface area (Å²) in [5, 5.41) is 5.22. The minimum atomic E-state index is -0.783. The van der Waals surface area contributed by atoms with Crippen LogP contribution in [-0.2, 0) is 11.3 Å². The lowest BCUT2D eigenvalue weighted by atomic mass is 9.94. The molecule has 1 N–H and O–H groups in total. The number of ether oxygens (including phenoxy) is 1. The second kappa shape index (κ2) is 11.8. The number of pyridine rings is 1. The molecule has 34 heavy (non-hydrogen) atoms. The second-order valence-corrected chi connectivity index (χ2v) is 9.51. The number of thiophene rings is 1. The maximum absolute atomic E-state index is 13.8. The molecule has 1 atom stereocenters. The van der Waals surface area contributed by atoms with Crippen LogP contribution < -0.4 is 10.1 Å². The molecule has 1 aromatic carbocycles. The van der Waals surface area contributed by atoms with Crippen molar-refractivity contribution in [2.75, 3.05) is 6.61 Å². The fourth-order valence-electron chi connectivity index (χ4n) is 4.40. The Morgan fingerprint density at radius 2 is 1.88 bits per heavy atom. The molecule has 1 fully saturated rings. The summed E-state index contributed by atoms with van der Waals surface area (Å²) in [4.78, 5) is 34.4. The smallest absolute Gasteiger partial charge is 0.273 e. The van der Waals surface area contributed by atoms with Gasteiger partial charge in [0.1, 0.15) is 17.5 Å². The zero-order valence-electron chi connectivity index (χ0n) is 19.5. The van der Waals surface area contributed by atoms with Crippen LogP contribution in [0.4, 0.5) is 0 Å². The molecule has 178 valence electrons. The predicted octanol–water partition coefficient (Wildman–Crippen LogP) is 5.37. The monoisotopic (exact) mass is 477 g/mol. The van der Waals surface area contributed by atoms with E-state index < -0.39 is 6.04 Å². The highest BCUT2D eigenvalue weighted by atomic mass is 32.1. The average molecular weight is 478 g/mol. The van der Waals surface area contributed by atoms with Gasteiger partial charge in [-0.2, -0.15) is 0 Å². The van der Waals surface area contributed by atoms with E-state index in [1.54, 1.807) is 40.6 Å². The quantitative estimate of drug-likeness (QED) is 0.449. The number of aromatic nitrogens is 1. The van der Waals surface area contributed by atoms with Gasteiger partial charge < -0.3 is 15.0 Å².